The molecule has 1 amide bonds. The second-order valence-electron chi connectivity index (χ2n) is 11.9. The molecule has 0 spiro atoms. The standard InChI is InChI=1S/C26H13F29N2O2/c1-8-3-4-10(5-11(8)56-7-58)12(59)57-9(2)6-13(27,28)14(29,30)15(31,32)16(33,34)17(35,36)18(37,38)19(39,40)20(41,42)21(43,44)22(45,46)23(47,48)24(49,50)25(51,52)26(53,54)55/h3-5,9H,6H2,1-2H3,(H,57,59). The van der Waals surface area contributed by atoms with Gasteiger partial charge in [-0.25, -0.2) is 4.79 Å². The molecule has 0 aliphatic carbocycles. The molecule has 0 saturated heterocycles. The van der Waals surface area contributed by atoms with Gasteiger partial charge in [-0.15, -0.1) is 0 Å². The van der Waals surface area contributed by atoms with E-state index < -0.39 is 113 Å². The van der Waals surface area contributed by atoms with Crippen LogP contribution in [-0.2, 0) is 4.79 Å². The van der Waals surface area contributed by atoms with E-state index >= 15 is 0 Å². The molecule has 0 heterocycles. The third-order valence-electron chi connectivity index (χ3n) is 7.73. The summed E-state index contributed by atoms with van der Waals surface area (Å²) in [6.07, 6.45) is -10.6. The van der Waals surface area contributed by atoms with Gasteiger partial charge in [0.15, 0.2) is 0 Å². The van der Waals surface area contributed by atoms with E-state index in [0.717, 1.165) is 18.2 Å². The first-order valence-electron chi connectivity index (χ1n) is 14.0. The lowest BCUT2D eigenvalue weighted by Gasteiger charge is -2.46. The van der Waals surface area contributed by atoms with Gasteiger partial charge in [-0.1, -0.05) is 6.07 Å². The number of nitrogens with one attached hydrogen (secondary N) is 1. The molecule has 1 unspecified atom stereocenters. The molecule has 1 N–H and O–H groups in total. The zero-order chi connectivity index (χ0) is 47.8. The predicted octanol–water partition coefficient (Wildman–Crippen LogP) is 11.3. The van der Waals surface area contributed by atoms with Gasteiger partial charge >= 0.3 is 83.2 Å². The third-order valence-corrected chi connectivity index (χ3v) is 7.73. The number of hydrogen-bond acceptors (Lipinski definition) is 3. The third kappa shape index (κ3) is 7.25. The Balaban J connectivity index is 3.78. The summed E-state index contributed by atoms with van der Waals surface area (Å²) in [5.74, 6) is -123. The first-order chi connectivity index (χ1) is 25.5. The number of halogens is 29. The van der Waals surface area contributed by atoms with Crippen LogP contribution in [-0.4, -0.2) is 101 Å². The van der Waals surface area contributed by atoms with E-state index in [1.165, 1.54) is 12.2 Å². The number of aliphatic imine (C=N–C) groups is 1. The Morgan fingerprint density at radius 2 is 0.814 bits per heavy atom. The Morgan fingerprint density at radius 1 is 0.525 bits per heavy atom. The van der Waals surface area contributed by atoms with E-state index in [2.05, 4.69) is 4.99 Å². The molecule has 0 radical (unpaired) electrons. The van der Waals surface area contributed by atoms with E-state index in [4.69, 9.17) is 0 Å². The SMILES string of the molecule is Cc1ccc(C(=O)NC(C)CC(F)(F)C(F)(F)C(F)(F)C(F)(F)C(F)(F)C(F)(F)C(F)(F)C(F)(F)C(F)(F)C(F)(F)C(F)(F)C(F)(F)C(F)(F)C(F)(F)F)cc1N=C=O. The fourth-order valence-corrected chi connectivity index (χ4v) is 4.17. The molecule has 1 aromatic carbocycles. The molecule has 0 aromatic heterocycles. The molecule has 0 aliphatic heterocycles. The molecule has 59 heavy (non-hydrogen) atoms. The molecule has 0 bridgehead atoms. The van der Waals surface area contributed by atoms with Crippen LogP contribution in [0.15, 0.2) is 23.2 Å². The van der Waals surface area contributed by atoms with E-state index in [-0.39, 0.29) is 12.5 Å². The average molecular weight is 936 g/mol. The largest absolute Gasteiger partial charge is 0.460 e. The van der Waals surface area contributed by atoms with Gasteiger partial charge < -0.3 is 5.32 Å². The van der Waals surface area contributed by atoms with Crippen LogP contribution >= 0.6 is 0 Å². The molecular formula is C26H13F29N2O2. The molecule has 0 fully saturated rings. The number of isocyanates is 1. The monoisotopic (exact) mass is 936 g/mol. The Labute approximate surface area is 304 Å². The second-order valence-corrected chi connectivity index (χ2v) is 11.9. The minimum Gasteiger partial charge on any atom is -0.349 e. The lowest BCUT2D eigenvalue weighted by molar-refractivity contribution is -0.487. The Bertz CT molecular complexity index is 1770. The average Bonchev–Trinajstić information content (AvgIpc) is 3.03. The number of carbonyl (C=O) groups is 1. The number of amides is 1. The van der Waals surface area contributed by atoms with Gasteiger partial charge in [0.1, 0.15) is 0 Å². The highest BCUT2D eigenvalue weighted by Gasteiger charge is 3.00. The number of aryl methyl sites for hydroxylation is 1. The lowest BCUT2D eigenvalue weighted by atomic mass is 9.83. The van der Waals surface area contributed by atoms with Crippen molar-refractivity contribution in [1.29, 1.82) is 0 Å². The first kappa shape index (κ1) is 53.1. The van der Waals surface area contributed by atoms with Gasteiger partial charge in [-0.3, -0.25) is 4.79 Å². The summed E-state index contributed by atoms with van der Waals surface area (Å²) in [5, 5.41) is 1.25. The molecule has 33 heteroatoms. The van der Waals surface area contributed by atoms with Crippen LogP contribution in [0, 0.1) is 6.92 Å². The summed E-state index contributed by atoms with van der Waals surface area (Å²) < 4.78 is 398. The van der Waals surface area contributed by atoms with Crippen molar-refractivity contribution in [3.8, 4) is 0 Å². The van der Waals surface area contributed by atoms with Gasteiger partial charge in [0, 0.05) is 18.0 Å². The summed E-state index contributed by atoms with van der Waals surface area (Å²) in [5.41, 5.74) is -1.12. The highest BCUT2D eigenvalue weighted by molar-refractivity contribution is 5.95. The number of rotatable bonds is 17. The topological polar surface area (TPSA) is 58.5 Å². The highest BCUT2D eigenvalue weighted by atomic mass is 19.4. The number of nitrogens with zero attached hydrogens (tertiary/aromatic N) is 1. The van der Waals surface area contributed by atoms with Crippen LogP contribution in [0.1, 0.15) is 29.3 Å². The van der Waals surface area contributed by atoms with E-state index in [1.54, 1.807) is 0 Å². The summed E-state index contributed by atoms with van der Waals surface area (Å²) in [4.78, 5) is 25.7. The number of hydrogen-bond donors (Lipinski definition) is 1. The van der Waals surface area contributed by atoms with E-state index in [0.29, 0.717) is 6.07 Å². The molecule has 4 nitrogen and oxygen atoms in total. The van der Waals surface area contributed by atoms with Crippen molar-refractivity contribution in [3.63, 3.8) is 0 Å². The zero-order valence-corrected chi connectivity index (χ0v) is 27.2. The van der Waals surface area contributed by atoms with Crippen LogP contribution in [0.4, 0.5) is 133 Å². The maximum atomic E-state index is 14.4. The van der Waals surface area contributed by atoms with Crippen molar-refractivity contribution in [2.45, 2.75) is 109 Å². The fraction of sp³-hybridized carbons (Fsp3) is 0.692. The normalized spacial score (nSPS) is 16.1. The number of carbonyl (C=O) groups excluding carboxylic acids is 2. The van der Waals surface area contributed by atoms with Crippen molar-refractivity contribution >= 4 is 17.7 Å². The maximum absolute atomic E-state index is 14.4. The van der Waals surface area contributed by atoms with Gasteiger partial charge in [0.25, 0.3) is 5.91 Å². The van der Waals surface area contributed by atoms with Crippen molar-refractivity contribution in [2.24, 2.45) is 4.99 Å². The number of alkyl halides is 29. The Morgan fingerprint density at radius 3 is 1.10 bits per heavy atom. The van der Waals surface area contributed by atoms with Crippen LogP contribution in [0.25, 0.3) is 0 Å². The molecule has 0 saturated carbocycles. The van der Waals surface area contributed by atoms with Crippen LogP contribution in [0.3, 0.4) is 0 Å². The molecule has 1 rings (SSSR count). The van der Waals surface area contributed by atoms with Gasteiger partial charge in [0.05, 0.1) is 5.69 Å². The summed E-state index contributed by atoms with van der Waals surface area (Å²) in [7, 11) is 0. The lowest BCUT2D eigenvalue weighted by Crippen LogP contribution is -2.79. The van der Waals surface area contributed by atoms with Crippen molar-refractivity contribution in [2.75, 3.05) is 0 Å². The minimum atomic E-state index is -9.99. The molecule has 1 aromatic rings. The number of benzene rings is 1. The summed E-state index contributed by atoms with van der Waals surface area (Å²) >= 11 is 0. The van der Waals surface area contributed by atoms with Gasteiger partial charge in [0.2, 0.25) is 6.08 Å². The molecule has 1 atom stereocenters. The van der Waals surface area contributed by atoms with Crippen molar-refractivity contribution < 1.29 is 137 Å². The molecule has 0 aliphatic rings. The smallest absolute Gasteiger partial charge is 0.349 e. The molecular weight excluding hydrogens is 923 g/mol. The zero-order valence-electron chi connectivity index (χ0n) is 27.2. The highest BCUT2D eigenvalue weighted by Crippen LogP contribution is 2.69. The quantitative estimate of drug-likeness (QED) is 0.0961. The van der Waals surface area contributed by atoms with Gasteiger partial charge in [-0.2, -0.15) is 132 Å². The van der Waals surface area contributed by atoms with Crippen LogP contribution in [0.5, 0.6) is 0 Å². The molecule has 342 valence electrons. The predicted molar refractivity (Wildman–Crippen MR) is 131 cm³/mol. The van der Waals surface area contributed by atoms with E-state index in [9.17, 15) is 137 Å². The first-order valence-corrected chi connectivity index (χ1v) is 14.0. The van der Waals surface area contributed by atoms with E-state index in [1.807, 2.05) is 0 Å². The summed E-state index contributed by atoms with van der Waals surface area (Å²) in [6.45, 7) is 1.30. The second kappa shape index (κ2) is 14.6. The van der Waals surface area contributed by atoms with Crippen LogP contribution < -0.4 is 5.32 Å². The Hall–Kier alpha value is -3.96. The summed E-state index contributed by atoms with van der Waals surface area (Å²) in [6, 6.07) is -0.511. The van der Waals surface area contributed by atoms with Crippen LogP contribution in [0.2, 0.25) is 0 Å². The van der Waals surface area contributed by atoms with Gasteiger partial charge in [-0.05, 0) is 31.5 Å². The maximum Gasteiger partial charge on any atom is 0.460 e. The van der Waals surface area contributed by atoms with Crippen molar-refractivity contribution in [1.82, 2.24) is 5.32 Å². The van der Waals surface area contributed by atoms with Crippen molar-refractivity contribution in [3.05, 3.63) is 29.3 Å². The minimum absolute atomic E-state index is 0.0706. The fourth-order valence-electron chi connectivity index (χ4n) is 4.17. The Kier molecular flexibility index (Phi) is 13.1.